The van der Waals surface area contributed by atoms with Crippen molar-refractivity contribution in [1.29, 1.82) is 0 Å². The Morgan fingerprint density at radius 2 is 1.96 bits per heavy atom. The molecule has 0 fully saturated rings. The van der Waals surface area contributed by atoms with Gasteiger partial charge in [-0.1, -0.05) is 24.3 Å². The summed E-state index contributed by atoms with van der Waals surface area (Å²) in [5.74, 6) is -0.00118. The minimum absolute atomic E-state index is 0.203. The van der Waals surface area contributed by atoms with Gasteiger partial charge in [0.1, 0.15) is 5.75 Å². The molecule has 136 valence electrons. The van der Waals surface area contributed by atoms with E-state index < -0.39 is 0 Å². The number of anilines is 1. The second-order valence-corrected chi connectivity index (χ2v) is 6.34. The molecule has 0 radical (unpaired) electrons. The van der Waals surface area contributed by atoms with Crippen LogP contribution in [0.25, 0.3) is 0 Å². The molecule has 3 rings (SSSR count). The second kappa shape index (κ2) is 7.91. The fraction of sp³-hybridized carbons (Fsp3) is 0.300. The summed E-state index contributed by atoms with van der Waals surface area (Å²) < 4.78 is 5.22. The first kappa shape index (κ1) is 17.8. The maximum atomic E-state index is 12.2. The molecule has 2 N–H and O–H groups in total. The Bertz CT molecular complexity index is 820. The van der Waals surface area contributed by atoms with Crippen LogP contribution in [0.1, 0.15) is 27.9 Å². The van der Waals surface area contributed by atoms with E-state index in [2.05, 4.69) is 16.9 Å². The zero-order valence-electron chi connectivity index (χ0n) is 15.0. The number of hydrogen-bond acceptors (Lipinski definition) is 4. The third-order valence-corrected chi connectivity index (χ3v) is 4.53. The van der Waals surface area contributed by atoms with Crippen molar-refractivity contribution in [3.8, 4) is 5.75 Å². The maximum Gasteiger partial charge on any atom is 0.269 e. The number of nitrogens with zero attached hydrogens (tertiary/aromatic N) is 1. The van der Waals surface area contributed by atoms with E-state index in [1.54, 1.807) is 25.3 Å². The third kappa shape index (κ3) is 3.96. The molecule has 0 aromatic heterocycles. The molecule has 0 bridgehead atoms. The van der Waals surface area contributed by atoms with E-state index in [9.17, 15) is 9.59 Å². The normalized spacial score (nSPS) is 12.9. The second-order valence-electron chi connectivity index (χ2n) is 6.34. The van der Waals surface area contributed by atoms with Gasteiger partial charge in [-0.15, -0.1) is 0 Å². The van der Waals surface area contributed by atoms with Crippen LogP contribution < -0.4 is 20.5 Å². The van der Waals surface area contributed by atoms with Crippen molar-refractivity contribution in [2.45, 2.75) is 19.8 Å². The van der Waals surface area contributed by atoms with Crippen molar-refractivity contribution in [1.82, 2.24) is 10.9 Å². The van der Waals surface area contributed by atoms with Crippen LogP contribution in [0.5, 0.6) is 5.75 Å². The lowest BCUT2D eigenvalue weighted by Crippen LogP contribution is -2.47. The van der Waals surface area contributed by atoms with E-state index in [1.165, 1.54) is 5.56 Å². The van der Waals surface area contributed by atoms with Gasteiger partial charge in [-0.05, 0) is 49.1 Å². The monoisotopic (exact) mass is 353 g/mol. The quantitative estimate of drug-likeness (QED) is 0.827. The van der Waals surface area contributed by atoms with Crippen LogP contribution in [0.2, 0.25) is 0 Å². The average molecular weight is 353 g/mol. The van der Waals surface area contributed by atoms with E-state index in [1.807, 2.05) is 30.0 Å². The Balaban J connectivity index is 1.57. The summed E-state index contributed by atoms with van der Waals surface area (Å²) >= 11 is 0. The lowest BCUT2D eigenvalue weighted by molar-refractivity contribution is -0.120. The summed E-state index contributed by atoms with van der Waals surface area (Å²) in [6.07, 6.45) is 2.04. The topological polar surface area (TPSA) is 70.7 Å². The molecule has 1 aliphatic rings. The number of hydrogen-bond donors (Lipinski definition) is 2. The number of nitrogens with one attached hydrogen (secondary N) is 2. The maximum absolute atomic E-state index is 12.2. The zero-order valence-corrected chi connectivity index (χ0v) is 15.0. The van der Waals surface area contributed by atoms with Crippen LogP contribution in [0, 0.1) is 6.92 Å². The molecule has 0 spiro atoms. The molecule has 0 saturated heterocycles. The molecule has 6 nitrogen and oxygen atoms in total. The summed E-state index contributed by atoms with van der Waals surface area (Å²) in [7, 11) is 1.56. The lowest BCUT2D eigenvalue weighted by Gasteiger charge is -2.30. The molecule has 2 aromatic carbocycles. The van der Waals surface area contributed by atoms with Gasteiger partial charge in [-0.25, -0.2) is 0 Å². The number of aryl methyl sites for hydroxylation is 2. The van der Waals surface area contributed by atoms with Crippen LogP contribution in [0.4, 0.5) is 5.69 Å². The highest BCUT2D eigenvalue weighted by molar-refractivity contribution is 5.96. The number of carbonyl (C=O) groups is 2. The van der Waals surface area contributed by atoms with Crippen molar-refractivity contribution >= 4 is 17.5 Å². The number of carbonyl (C=O) groups excluding carboxylic acids is 2. The number of methoxy groups -OCH3 is 1. The van der Waals surface area contributed by atoms with Gasteiger partial charge in [0.15, 0.2) is 0 Å². The standard InChI is InChI=1S/C20H23N3O3/c1-14-9-10-16(12-18(14)26-2)20(25)22-21-19(24)13-23-11-5-7-15-6-3-4-8-17(15)23/h3-4,6,8-10,12H,5,7,11,13H2,1-2H3,(H,21,24)(H,22,25). The average Bonchev–Trinajstić information content (AvgIpc) is 2.67. The number of amides is 2. The number of hydrazine groups is 1. The Kier molecular flexibility index (Phi) is 5.41. The van der Waals surface area contributed by atoms with E-state index >= 15 is 0 Å². The van der Waals surface area contributed by atoms with Crippen LogP contribution in [0.3, 0.4) is 0 Å². The molecule has 0 unspecified atom stereocenters. The van der Waals surface area contributed by atoms with Crippen molar-refractivity contribution in [2.75, 3.05) is 25.1 Å². The fourth-order valence-electron chi connectivity index (χ4n) is 3.15. The lowest BCUT2D eigenvalue weighted by atomic mass is 10.0. The predicted octanol–water partition coefficient (Wildman–Crippen LogP) is 2.22. The largest absolute Gasteiger partial charge is 0.496 e. The summed E-state index contributed by atoms with van der Waals surface area (Å²) in [6, 6.07) is 13.3. The highest BCUT2D eigenvalue weighted by Crippen LogP contribution is 2.26. The molecule has 0 saturated carbocycles. The van der Waals surface area contributed by atoms with Crippen LogP contribution >= 0.6 is 0 Å². The summed E-state index contributed by atoms with van der Waals surface area (Å²) in [5.41, 5.74) is 8.66. The molecule has 1 aliphatic heterocycles. The predicted molar refractivity (Wildman–Crippen MR) is 100 cm³/mol. The number of ether oxygens (including phenoxy) is 1. The number of fused-ring (bicyclic) bond motifs is 1. The summed E-state index contributed by atoms with van der Waals surface area (Å²) in [4.78, 5) is 26.5. The SMILES string of the molecule is COc1cc(C(=O)NNC(=O)CN2CCCc3ccccc32)ccc1C. The van der Waals surface area contributed by atoms with Crippen LogP contribution in [-0.2, 0) is 11.2 Å². The van der Waals surface area contributed by atoms with Gasteiger partial charge in [0.05, 0.1) is 13.7 Å². The Hall–Kier alpha value is -3.02. The van der Waals surface area contributed by atoms with Gasteiger partial charge in [0.25, 0.3) is 11.8 Å². The van der Waals surface area contributed by atoms with E-state index in [0.29, 0.717) is 11.3 Å². The fourth-order valence-corrected chi connectivity index (χ4v) is 3.15. The van der Waals surface area contributed by atoms with Crippen molar-refractivity contribution in [2.24, 2.45) is 0 Å². The third-order valence-electron chi connectivity index (χ3n) is 4.53. The molecule has 6 heteroatoms. The van der Waals surface area contributed by atoms with Gasteiger partial charge in [-0.2, -0.15) is 0 Å². The first-order chi connectivity index (χ1) is 12.6. The minimum atomic E-state index is -0.379. The molecular weight excluding hydrogens is 330 g/mol. The summed E-state index contributed by atoms with van der Waals surface area (Å²) in [5, 5.41) is 0. The van der Waals surface area contributed by atoms with Gasteiger partial charge >= 0.3 is 0 Å². The van der Waals surface area contributed by atoms with Crippen LogP contribution in [0.15, 0.2) is 42.5 Å². The van der Waals surface area contributed by atoms with E-state index in [-0.39, 0.29) is 18.4 Å². The highest BCUT2D eigenvalue weighted by atomic mass is 16.5. The van der Waals surface area contributed by atoms with Gasteiger partial charge in [0, 0.05) is 17.8 Å². The molecule has 2 amide bonds. The van der Waals surface area contributed by atoms with Gasteiger partial charge < -0.3 is 9.64 Å². The minimum Gasteiger partial charge on any atom is -0.496 e. The van der Waals surface area contributed by atoms with Crippen molar-refractivity contribution in [3.05, 3.63) is 59.2 Å². The van der Waals surface area contributed by atoms with Crippen LogP contribution in [-0.4, -0.2) is 32.0 Å². The Morgan fingerprint density at radius 1 is 1.15 bits per heavy atom. The van der Waals surface area contributed by atoms with E-state index in [4.69, 9.17) is 4.74 Å². The first-order valence-corrected chi connectivity index (χ1v) is 8.65. The first-order valence-electron chi connectivity index (χ1n) is 8.65. The molecule has 2 aromatic rings. The number of para-hydroxylation sites is 1. The number of rotatable bonds is 4. The summed E-state index contributed by atoms with van der Waals surface area (Å²) in [6.45, 7) is 2.93. The highest BCUT2D eigenvalue weighted by Gasteiger charge is 2.19. The smallest absolute Gasteiger partial charge is 0.269 e. The zero-order chi connectivity index (χ0) is 18.5. The van der Waals surface area contributed by atoms with Crippen molar-refractivity contribution < 1.29 is 14.3 Å². The Labute approximate surface area is 153 Å². The van der Waals surface area contributed by atoms with E-state index in [0.717, 1.165) is 30.6 Å². The molecule has 26 heavy (non-hydrogen) atoms. The van der Waals surface area contributed by atoms with Crippen molar-refractivity contribution in [3.63, 3.8) is 0 Å². The van der Waals surface area contributed by atoms with Gasteiger partial charge in [-0.3, -0.25) is 20.4 Å². The molecule has 0 atom stereocenters. The number of benzene rings is 2. The van der Waals surface area contributed by atoms with Gasteiger partial charge in [0.2, 0.25) is 0 Å². The molecular formula is C20H23N3O3. The molecule has 0 aliphatic carbocycles. The molecule has 1 heterocycles. The Morgan fingerprint density at radius 3 is 2.77 bits per heavy atom.